The van der Waals surface area contributed by atoms with Crippen molar-refractivity contribution in [3.05, 3.63) is 28.5 Å². The minimum absolute atomic E-state index is 0.291. The molecule has 0 aliphatic carbocycles. The molecule has 0 N–H and O–H groups in total. The van der Waals surface area contributed by atoms with Crippen LogP contribution in [0.2, 0.25) is 0 Å². The molecule has 1 nitrogen and oxygen atoms in total. The van der Waals surface area contributed by atoms with Gasteiger partial charge in [-0.25, -0.2) is 0 Å². The van der Waals surface area contributed by atoms with Crippen molar-refractivity contribution in [3.63, 3.8) is 0 Å². The first kappa shape index (κ1) is 8.09. The fourth-order valence-corrected chi connectivity index (χ4v) is 1.97. The summed E-state index contributed by atoms with van der Waals surface area (Å²) in [5, 5.41) is 0. The molecule has 0 spiro atoms. The van der Waals surface area contributed by atoms with Crippen molar-refractivity contribution >= 4 is 36.0 Å². The van der Waals surface area contributed by atoms with Crippen LogP contribution in [-0.4, -0.2) is 15.7 Å². The molecule has 0 unspecified atom stereocenters. The van der Waals surface area contributed by atoms with Gasteiger partial charge in [-0.2, -0.15) is 0 Å². The molecule has 1 rings (SSSR count). The van der Waals surface area contributed by atoms with Gasteiger partial charge in [-0.3, -0.25) is 0 Å². The van der Waals surface area contributed by atoms with Crippen LogP contribution in [0.4, 0.5) is 4.39 Å². The molecule has 0 aromatic heterocycles. The molecule has 1 aromatic rings. The zero-order valence-corrected chi connectivity index (χ0v) is 8.31. The van der Waals surface area contributed by atoms with E-state index in [1.165, 1.54) is 6.07 Å². The van der Waals surface area contributed by atoms with E-state index in [0.717, 1.165) is 0 Å². The Balaban J connectivity index is 3.30. The van der Waals surface area contributed by atoms with Gasteiger partial charge in [0.1, 0.15) is 0 Å². The van der Waals surface area contributed by atoms with Crippen LogP contribution in [0.5, 0.6) is 0 Å². The first-order valence-corrected chi connectivity index (χ1v) is 5.03. The standard InChI is InChI=1S/C6H3AsBrFO/c8-4-2-1-3-5(9)6(4)7-10/h1-3H. The van der Waals surface area contributed by atoms with Crippen LogP contribution < -0.4 is 4.35 Å². The van der Waals surface area contributed by atoms with Gasteiger partial charge in [0.2, 0.25) is 0 Å². The van der Waals surface area contributed by atoms with E-state index in [2.05, 4.69) is 15.9 Å². The number of hydrogen-bond donors (Lipinski definition) is 0. The summed E-state index contributed by atoms with van der Waals surface area (Å²) in [4.78, 5) is 0. The van der Waals surface area contributed by atoms with E-state index in [1.807, 2.05) is 0 Å². The molecule has 0 aliphatic rings. The van der Waals surface area contributed by atoms with Crippen molar-refractivity contribution in [2.24, 2.45) is 0 Å². The molecule has 0 radical (unpaired) electrons. The van der Waals surface area contributed by atoms with E-state index < -0.39 is 21.5 Å². The second-order valence-corrected chi connectivity index (χ2v) is 3.84. The van der Waals surface area contributed by atoms with E-state index in [9.17, 15) is 8.13 Å². The molecule has 0 saturated carbocycles. The van der Waals surface area contributed by atoms with Crippen molar-refractivity contribution in [2.75, 3.05) is 0 Å². The molecule has 10 heavy (non-hydrogen) atoms. The van der Waals surface area contributed by atoms with Gasteiger partial charge in [0.05, 0.1) is 0 Å². The molecule has 0 bridgehead atoms. The molecule has 0 fully saturated rings. The van der Waals surface area contributed by atoms with Crippen LogP contribution in [0, 0.1) is 5.82 Å². The molecular weight excluding hydrogens is 262 g/mol. The normalized spacial score (nSPS) is 10.2. The van der Waals surface area contributed by atoms with Crippen LogP contribution in [0.25, 0.3) is 0 Å². The summed E-state index contributed by atoms with van der Waals surface area (Å²) in [6.45, 7) is 0. The molecule has 1 aromatic carbocycles. The fourth-order valence-electron chi connectivity index (χ4n) is 0.576. The van der Waals surface area contributed by atoms with Gasteiger partial charge < -0.3 is 0 Å². The average Bonchev–Trinajstić information content (AvgIpc) is 1.88. The van der Waals surface area contributed by atoms with Gasteiger partial charge in [0.25, 0.3) is 0 Å². The third kappa shape index (κ3) is 1.53. The van der Waals surface area contributed by atoms with Crippen LogP contribution in [-0.2, 0) is 3.74 Å². The molecule has 4 heteroatoms. The van der Waals surface area contributed by atoms with E-state index in [1.54, 1.807) is 12.1 Å². The molecule has 52 valence electrons. The van der Waals surface area contributed by atoms with Gasteiger partial charge in [-0.1, -0.05) is 0 Å². The maximum absolute atomic E-state index is 12.6. The summed E-state index contributed by atoms with van der Waals surface area (Å²) >= 11 is 1.82. The molecular formula is C6H3AsBrFO. The van der Waals surface area contributed by atoms with Crippen molar-refractivity contribution in [1.82, 2.24) is 0 Å². The molecule has 0 amide bonds. The third-order valence-electron chi connectivity index (χ3n) is 1.03. The van der Waals surface area contributed by atoms with Gasteiger partial charge in [0, 0.05) is 0 Å². The van der Waals surface area contributed by atoms with Gasteiger partial charge >= 0.3 is 72.6 Å². The Morgan fingerprint density at radius 2 is 2.20 bits per heavy atom. The second-order valence-electron chi connectivity index (χ2n) is 1.66. The van der Waals surface area contributed by atoms with Crippen LogP contribution in [0.3, 0.4) is 0 Å². The van der Waals surface area contributed by atoms with Gasteiger partial charge in [-0.15, -0.1) is 0 Å². The molecule has 0 saturated heterocycles. The SMILES string of the molecule is O=[As]c1c(F)cccc1Br. The number of rotatable bonds is 1. The van der Waals surface area contributed by atoms with Gasteiger partial charge in [-0.05, 0) is 0 Å². The zero-order chi connectivity index (χ0) is 7.56. The van der Waals surface area contributed by atoms with Crippen LogP contribution in [0.1, 0.15) is 0 Å². The molecule has 0 aliphatic heterocycles. The maximum atomic E-state index is 12.6. The Hall–Kier alpha value is -0.0116. The fraction of sp³-hybridized carbons (Fsp3) is 0. The second kappa shape index (κ2) is 3.40. The Morgan fingerprint density at radius 1 is 1.50 bits per heavy atom. The number of halogens is 2. The first-order chi connectivity index (χ1) is 4.75. The average molecular weight is 265 g/mol. The van der Waals surface area contributed by atoms with E-state index in [0.29, 0.717) is 8.82 Å². The summed E-state index contributed by atoms with van der Waals surface area (Å²) in [5.74, 6) is -0.399. The predicted molar refractivity (Wildman–Crippen MR) is 40.2 cm³/mol. The summed E-state index contributed by atoms with van der Waals surface area (Å²) < 4.78 is 23.9. The monoisotopic (exact) mass is 264 g/mol. The number of hydrogen-bond acceptors (Lipinski definition) is 1. The number of benzene rings is 1. The van der Waals surface area contributed by atoms with Crippen LogP contribution in [0.15, 0.2) is 22.7 Å². The Labute approximate surface area is 72.7 Å². The first-order valence-electron chi connectivity index (χ1n) is 2.53. The zero-order valence-electron chi connectivity index (χ0n) is 4.84. The Morgan fingerprint density at radius 3 is 2.60 bits per heavy atom. The van der Waals surface area contributed by atoms with E-state index in [4.69, 9.17) is 0 Å². The third-order valence-corrected chi connectivity index (χ3v) is 3.69. The molecule has 0 heterocycles. The van der Waals surface area contributed by atoms with Crippen molar-refractivity contribution < 1.29 is 8.13 Å². The van der Waals surface area contributed by atoms with E-state index >= 15 is 0 Å². The van der Waals surface area contributed by atoms with Crippen molar-refractivity contribution in [3.8, 4) is 0 Å². The summed E-state index contributed by atoms with van der Waals surface area (Å²) in [6, 6.07) is 4.54. The van der Waals surface area contributed by atoms with Crippen molar-refractivity contribution in [1.29, 1.82) is 0 Å². The summed E-state index contributed by atoms with van der Waals surface area (Å²) in [7, 11) is 0. The molecule has 0 atom stereocenters. The topological polar surface area (TPSA) is 17.1 Å². The Bertz CT molecular complexity index is 244. The van der Waals surface area contributed by atoms with Crippen LogP contribution >= 0.6 is 15.9 Å². The minimum atomic E-state index is -1.28. The summed E-state index contributed by atoms with van der Waals surface area (Å²) in [5.41, 5.74) is 0. The predicted octanol–water partition coefficient (Wildman–Crippen LogP) is 1.26. The summed E-state index contributed by atoms with van der Waals surface area (Å²) in [6.07, 6.45) is 0. The van der Waals surface area contributed by atoms with Crippen molar-refractivity contribution in [2.45, 2.75) is 0 Å². The quantitative estimate of drug-likeness (QED) is 0.698. The Kier molecular flexibility index (Phi) is 2.75. The van der Waals surface area contributed by atoms with E-state index in [-0.39, 0.29) is 0 Å². The van der Waals surface area contributed by atoms with Gasteiger partial charge in [0.15, 0.2) is 0 Å².